The molecule has 12 heteroatoms. The fourth-order valence-electron chi connectivity index (χ4n) is 4.37. The third kappa shape index (κ3) is 6.72. The van der Waals surface area contributed by atoms with Crippen LogP contribution in [-0.4, -0.2) is 79.0 Å². The number of hydrogen-bond acceptors (Lipinski definition) is 8. The minimum atomic E-state index is -4.30. The molecule has 0 bridgehead atoms. The van der Waals surface area contributed by atoms with Gasteiger partial charge in [-0.3, -0.25) is 9.59 Å². The van der Waals surface area contributed by atoms with Crippen LogP contribution in [0.25, 0.3) is 0 Å². The summed E-state index contributed by atoms with van der Waals surface area (Å²) in [7, 11) is -2.85. The summed E-state index contributed by atoms with van der Waals surface area (Å²) in [5.74, 6) is -2.41. The Morgan fingerprint density at radius 3 is 2.27 bits per heavy atom. The van der Waals surface area contributed by atoms with Crippen LogP contribution in [0.15, 0.2) is 59.5 Å². The highest BCUT2D eigenvalue weighted by molar-refractivity contribution is 7.89. The van der Waals surface area contributed by atoms with Crippen LogP contribution in [0, 0.1) is 5.92 Å². The fourth-order valence-corrected chi connectivity index (χ4v) is 5.93. The van der Waals surface area contributed by atoms with Crippen molar-refractivity contribution in [1.82, 2.24) is 14.7 Å². The highest BCUT2D eigenvalue weighted by Gasteiger charge is 2.38. The summed E-state index contributed by atoms with van der Waals surface area (Å²) in [5.41, 5.74) is 2.45. The van der Waals surface area contributed by atoms with E-state index in [4.69, 9.17) is 4.74 Å². The summed E-state index contributed by atoms with van der Waals surface area (Å²) in [6.45, 7) is 0.175. The van der Waals surface area contributed by atoms with Crippen LogP contribution in [0.4, 0.5) is 0 Å². The number of sulfonamides is 1. The number of benzene rings is 2. The molecule has 2 aromatic rings. The number of carbonyl (C=O) groups is 3. The minimum absolute atomic E-state index is 0.110. The Morgan fingerprint density at radius 1 is 1.14 bits per heavy atom. The van der Waals surface area contributed by atoms with Crippen LogP contribution < -0.4 is 10.2 Å². The molecular formula is C25H31N3O8S. The number of carbonyl (C=O) groups excluding carboxylic acids is 2. The van der Waals surface area contributed by atoms with E-state index in [1.54, 1.807) is 30.3 Å². The predicted molar refractivity (Wildman–Crippen MR) is 132 cm³/mol. The maximum absolute atomic E-state index is 13.7. The zero-order valence-electron chi connectivity index (χ0n) is 20.4. The van der Waals surface area contributed by atoms with Gasteiger partial charge < -0.3 is 24.7 Å². The number of likely N-dealkylation sites (tertiary alicyclic amines) is 1. The molecule has 1 aliphatic rings. The van der Waals surface area contributed by atoms with Crippen molar-refractivity contribution in [3.8, 4) is 5.75 Å². The van der Waals surface area contributed by atoms with Gasteiger partial charge >= 0.3 is 5.97 Å². The lowest BCUT2D eigenvalue weighted by Gasteiger charge is -2.34. The van der Waals surface area contributed by atoms with Gasteiger partial charge in [-0.1, -0.05) is 30.3 Å². The van der Waals surface area contributed by atoms with Gasteiger partial charge in [-0.05, 0) is 42.7 Å². The number of rotatable bonds is 12. The summed E-state index contributed by atoms with van der Waals surface area (Å²) in [4.78, 5) is 37.7. The van der Waals surface area contributed by atoms with Crippen LogP contribution >= 0.6 is 0 Å². The average molecular weight is 534 g/mol. The molecule has 1 heterocycles. The van der Waals surface area contributed by atoms with Crippen LogP contribution in [0.1, 0.15) is 30.7 Å². The lowest BCUT2D eigenvalue weighted by atomic mass is 9.97. The Hall–Kier alpha value is -3.32. The Bertz CT molecular complexity index is 1170. The highest BCUT2D eigenvalue weighted by atomic mass is 32.2. The van der Waals surface area contributed by atoms with E-state index in [0.717, 1.165) is 4.31 Å². The van der Waals surface area contributed by atoms with E-state index in [-0.39, 0.29) is 36.9 Å². The third-order valence-electron chi connectivity index (χ3n) is 6.52. The molecule has 3 N–H and O–H groups in total. The summed E-state index contributed by atoms with van der Waals surface area (Å²) < 4.78 is 33.4. The molecule has 1 aliphatic heterocycles. The van der Waals surface area contributed by atoms with Crippen molar-refractivity contribution in [2.75, 3.05) is 26.7 Å². The molecule has 0 radical (unpaired) electrons. The molecule has 1 saturated heterocycles. The molecule has 3 rings (SSSR count). The van der Waals surface area contributed by atoms with Gasteiger partial charge in [0.15, 0.2) is 0 Å². The number of carboxylic acid groups (broad SMARTS) is 1. The number of methoxy groups -OCH3 is 1. The molecule has 0 aliphatic carbocycles. The zero-order valence-corrected chi connectivity index (χ0v) is 21.2. The number of ether oxygens (including phenoxy) is 1. The molecule has 0 saturated carbocycles. The molecule has 1 fully saturated rings. The van der Waals surface area contributed by atoms with E-state index in [2.05, 4.69) is 0 Å². The second-order valence-electron chi connectivity index (χ2n) is 8.68. The first kappa shape index (κ1) is 28.3. The van der Waals surface area contributed by atoms with E-state index in [0.29, 0.717) is 30.4 Å². The largest absolute Gasteiger partial charge is 0.497 e. The summed E-state index contributed by atoms with van der Waals surface area (Å²) in [6, 6.07) is 14.0. The van der Waals surface area contributed by atoms with E-state index in [9.17, 15) is 33.1 Å². The minimum Gasteiger partial charge on any atom is -0.497 e. The number of piperidine rings is 1. The van der Waals surface area contributed by atoms with Gasteiger partial charge in [-0.15, -0.1) is 0 Å². The number of aldehydes is 1. The summed E-state index contributed by atoms with van der Waals surface area (Å²) >= 11 is 0. The summed E-state index contributed by atoms with van der Waals surface area (Å²) in [5, 5.41) is 19.2. The number of hydroxylamine groups is 1. The number of hydrogen-bond donors (Lipinski definition) is 3. The molecule has 37 heavy (non-hydrogen) atoms. The van der Waals surface area contributed by atoms with Gasteiger partial charge in [0.1, 0.15) is 18.2 Å². The molecule has 11 nitrogen and oxygen atoms in total. The van der Waals surface area contributed by atoms with Crippen molar-refractivity contribution in [1.29, 1.82) is 0 Å². The lowest BCUT2D eigenvalue weighted by Crippen LogP contribution is -2.52. The molecular weight excluding hydrogens is 502 g/mol. The predicted octanol–water partition coefficient (Wildman–Crippen LogP) is 1.69. The van der Waals surface area contributed by atoms with Gasteiger partial charge in [0.05, 0.1) is 23.8 Å². The molecule has 1 amide bonds. The van der Waals surface area contributed by atoms with Crippen LogP contribution in [0.5, 0.6) is 5.75 Å². The third-order valence-corrected chi connectivity index (χ3v) is 8.42. The van der Waals surface area contributed by atoms with E-state index < -0.39 is 34.0 Å². The highest BCUT2D eigenvalue weighted by Crippen LogP contribution is 2.27. The van der Waals surface area contributed by atoms with Gasteiger partial charge in [0.2, 0.25) is 15.9 Å². The normalized spacial score (nSPS) is 16.2. The smallest absolute Gasteiger partial charge is 0.306 e. The van der Waals surface area contributed by atoms with E-state index >= 15 is 0 Å². The fraction of sp³-hybridized carbons (Fsp3) is 0.400. The maximum atomic E-state index is 13.7. The number of carboxylic acids is 1. The summed E-state index contributed by atoms with van der Waals surface area (Å²) in [6.07, 6.45) is -0.463. The molecule has 0 aromatic heterocycles. The monoisotopic (exact) mass is 533 g/mol. The van der Waals surface area contributed by atoms with E-state index in [1.165, 1.54) is 36.3 Å². The van der Waals surface area contributed by atoms with Crippen molar-refractivity contribution in [3.05, 3.63) is 60.2 Å². The Labute approximate surface area is 215 Å². The lowest BCUT2D eigenvalue weighted by molar-refractivity contribution is -0.145. The first-order chi connectivity index (χ1) is 17.7. The quantitative estimate of drug-likeness (QED) is 0.210. The first-order valence-corrected chi connectivity index (χ1v) is 13.2. The Kier molecular flexibility index (Phi) is 9.75. The van der Waals surface area contributed by atoms with E-state index in [1.807, 2.05) is 5.48 Å². The topological polar surface area (TPSA) is 154 Å². The molecule has 200 valence electrons. The SMILES string of the molecule is COc1ccc(S(=O)(=O)N(CCC(=O)N2CCC(C(=O)O)CC2)C(NO)C(C=O)c2ccccc2)cc1. The number of nitrogens with one attached hydrogen (secondary N) is 1. The molecule has 2 aromatic carbocycles. The van der Waals surface area contributed by atoms with Crippen LogP contribution in [0.3, 0.4) is 0 Å². The van der Waals surface area contributed by atoms with Crippen molar-refractivity contribution < 1.29 is 37.9 Å². The van der Waals surface area contributed by atoms with Crippen molar-refractivity contribution in [2.24, 2.45) is 5.92 Å². The Morgan fingerprint density at radius 2 is 1.76 bits per heavy atom. The second kappa shape index (κ2) is 12.8. The van der Waals surface area contributed by atoms with Crippen molar-refractivity contribution in [2.45, 2.75) is 36.2 Å². The Balaban J connectivity index is 1.89. The van der Waals surface area contributed by atoms with Gasteiger partial charge in [0.25, 0.3) is 0 Å². The molecule has 2 atom stereocenters. The van der Waals surface area contributed by atoms with Crippen molar-refractivity contribution >= 4 is 28.2 Å². The second-order valence-corrected chi connectivity index (χ2v) is 10.6. The van der Waals surface area contributed by atoms with Gasteiger partial charge in [-0.25, -0.2) is 8.42 Å². The van der Waals surface area contributed by atoms with Crippen molar-refractivity contribution in [3.63, 3.8) is 0 Å². The van der Waals surface area contributed by atoms with Crippen LogP contribution in [0.2, 0.25) is 0 Å². The first-order valence-electron chi connectivity index (χ1n) is 11.8. The average Bonchev–Trinajstić information content (AvgIpc) is 2.92. The van der Waals surface area contributed by atoms with Gasteiger partial charge in [-0.2, -0.15) is 9.79 Å². The maximum Gasteiger partial charge on any atom is 0.306 e. The van der Waals surface area contributed by atoms with Crippen LogP contribution in [-0.2, 0) is 24.4 Å². The molecule has 0 spiro atoms. The van der Waals surface area contributed by atoms with Gasteiger partial charge in [0, 0.05) is 26.1 Å². The molecule has 2 unspecified atom stereocenters. The zero-order chi connectivity index (χ0) is 27.0. The number of aliphatic carboxylic acids is 1. The number of nitrogens with zero attached hydrogens (tertiary/aromatic N) is 2. The number of amides is 1. The standard InChI is InChI=1S/C25H31N3O8S/c1-36-20-7-9-21(10-8-20)37(34,35)28(24(26-33)22(17-29)18-5-3-2-4-6-18)16-13-23(30)27-14-11-19(12-15-27)25(31)32/h2-10,17,19,22,24,26,33H,11-16H2,1H3,(H,31,32).